The van der Waals surface area contributed by atoms with Crippen molar-refractivity contribution in [1.29, 1.82) is 0 Å². The van der Waals surface area contributed by atoms with E-state index >= 15 is 0 Å². The smallest absolute Gasteiger partial charge is 0.0483 e. The predicted molar refractivity (Wildman–Crippen MR) is 84.8 cm³/mol. The van der Waals surface area contributed by atoms with Gasteiger partial charge in [-0.15, -0.1) is 0 Å². The molecule has 19 heavy (non-hydrogen) atoms. The molecule has 0 aliphatic carbocycles. The average molecular weight is 274 g/mol. The highest BCUT2D eigenvalue weighted by Gasteiger charge is 2.16. The molecular weight excluding hydrogens is 252 g/mol. The van der Waals surface area contributed by atoms with Crippen LogP contribution in [0.25, 0.3) is 10.9 Å². The van der Waals surface area contributed by atoms with E-state index in [4.69, 9.17) is 0 Å². The Labute approximate surface area is 119 Å². The number of nitrogens with one attached hydrogen (secondary N) is 1. The van der Waals surface area contributed by atoms with Gasteiger partial charge in [-0.05, 0) is 48.9 Å². The fourth-order valence-electron chi connectivity index (χ4n) is 3.03. The Morgan fingerprint density at radius 1 is 1.37 bits per heavy atom. The van der Waals surface area contributed by atoms with Crippen LogP contribution in [0.3, 0.4) is 0 Å². The summed E-state index contributed by atoms with van der Waals surface area (Å²) in [6, 6.07) is 8.68. The molecule has 3 rings (SSSR count). The summed E-state index contributed by atoms with van der Waals surface area (Å²) >= 11 is 2.09. The lowest BCUT2D eigenvalue weighted by Crippen LogP contribution is -2.23. The van der Waals surface area contributed by atoms with Crippen molar-refractivity contribution in [3.05, 3.63) is 35.5 Å². The van der Waals surface area contributed by atoms with E-state index in [0.29, 0.717) is 0 Å². The van der Waals surface area contributed by atoms with Gasteiger partial charge in [-0.3, -0.25) is 0 Å². The Balaban J connectivity index is 1.73. The zero-order valence-corrected chi connectivity index (χ0v) is 12.6. The molecule has 1 aliphatic heterocycles. The number of thioether (sulfide) groups is 1. The summed E-state index contributed by atoms with van der Waals surface area (Å²) in [7, 11) is 2.18. The SMILES string of the molecule is Cc1c(CNCC2CCSC2)n(C)c2ccccc12. The van der Waals surface area contributed by atoms with Crippen LogP contribution in [0, 0.1) is 12.8 Å². The first-order chi connectivity index (χ1) is 9.27. The van der Waals surface area contributed by atoms with Crippen LogP contribution < -0.4 is 5.32 Å². The minimum atomic E-state index is 0.875. The van der Waals surface area contributed by atoms with Crippen molar-refractivity contribution in [3.8, 4) is 0 Å². The van der Waals surface area contributed by atoms with Gasteiger partial charge >= 0.3 is 0 Å². The van der Waals surface area contributed by atoms with Crippen LogP contribution in [0.4, 0.5) is 0 Å². The van der Waals surface area contributed by atoms with E-state index in [1.165, 1.54) is 40.1 Å². The molecule has 102 valence electrons. The van der Waals surface area contributed by atoms with Crippen LogP contribution in [0.1, 0.15) is 17.7 Å². The van der Waals surface area contributed by atoms with Gasteiger partial charge in [0.25, 0.3) is 0 Å². The third-order valence-corrected chi connectivity index (χ3v) is 5.49. The average Bonchev–Trinajstić information content (AvgIpc) is 3.02. The van der Waals surface area contributed by atoms with Crippen LogP contribution in [-0.4, -0.2) is 22.6 Å². The highest BCUT2D eigenvalue weighted by molar-refractivity contribution is 7.99. The quantitative estimate of drug-likeness (QED) is 0.921. The summed E-state index contributed by atoms with van der Waals surface area (Å²) in [4.78, 5) is 0. The van der Waals surface area contributed by atoms with Gasteiger partial charge in [0.05, 0.1) is 0 Å². The molecule has 2 heterocycles. The van der Waals surface area contributed by atoms with Crippen molar-refractivity contribution < 1.29 is 0 Å². The Morgan fingerprint density at radius 2 is 2.21 bits per heavy atom. The molecule has 1 fully saturated rings. The first-order valence-electron chi connectivity index (χ1n) is 7.08. The highest BCUT2D eigenvalue weighted by atomic mass is 32.2. The van der Waals surface area contributed by atoms with Crippen molar-refractivity contribution in [1.82, 2.24) is 9.88 Å². The standard InChI is InChI=1S/C16H22N2S/c1-12-14-5-3-4-6-15(14)18(2)16(12)10-17-9-13-7-8-19-11-13/h3-6,13,17H,7-11H2,1-2H3. The van der Waals surface area contributed by atoms with Crippen molar-refractivity contribution in [3.63, 3.8) is 0 Å². The number of aromatic nitrogens is 1. The van der Waals surface area contributed by atoms with Gasteiger partial charge in [-0.2, -0.15) is 11.8 Å². The van der Waals surface area contributed by atoms with Gasteiger partial charge in [0, 0.05) is 30.2 Å². The molecule has 1 aromatic carbocycles. The maximum atomic E-state index is 3.65. The molecule has 2 nitrogen and oxygen atoms in total. The number of para-hydroxylation sites is 1. The first kappa shape index (κ1) is 13.1. The number of rotatable bonds is 4. The van der Waals surface area contributed by atoms with E-state index in [9.17, 15) is 0 Å². The topological polar surface area (TPSA) is 17.0 Å². The van der Waals surface area contributed by atoms with E-state index in [1.54, 1.807) is 0 Å². The van der Waals surface area contributed by atoms with Crippen LogP contribution in [0.5, 0.6) is 0 Å². The fraction of sp³-hybridized carbons (Fsp3) is 0.500. The van der Waals surface area contributed by atoms with Crippen LogP contribution in [0.15, 0.2) is 24.3 Å². The van der Waals surface area contributed by atoms with E-state index in [1.807, 2.05) is 0 Å². The molecule has 1 unspecified atom stereocenters. The van der Waals surface area contributed by atoms with Crippen LogP contribution in [0.2, 0.25) is 0 Å². The molecule has 0 amide bonds. The van der Waals surface area contributed by atoms with Gasteiger partial charge in [-0.1, -0.05) is 18.2 Å². The molecule has 0 bridgehead atoms. The number of nitrogens with zero attached hydrogens (tertiary/aromatic N) is 1. The second-order valence-corrected chi connectivity index (χ2v) is 6.66. The largest absolute Gasteiger partial charge is 0.346 e. The molecule has 3 heteroatoms. The van der Waals surface area contributed by atoms with Gasteiger partial charge in [0.2, 0.25) is 0 Å². The van der Waals surface area contributed by atoms with Crippen molar-refractivity contribution in [2.24, 2.45) is 13.0 Å². The molecule has 1 aromatic heterocycles. The van der Waals surface area contributed by atoms with Crippen molar-refractivity contribution in [2.45, 2.75) is 19.9 Å². The number of hydrogen-bond donors (Lipinski definition) is 1. The molecular formula is C16H22N2S. The monoisotopic (exact) mass is 274 g/mol. The lowest BCUT2D eigenvalue weighted by molar-refractivity contribution is 0.516. The summed E-state index contributed by atoms with van der Waals surface area (Å²) in [6.07, 6.45) is 1.38. The number of aryl methyl sites for hydroxylation is 2. The van der Waals surface area contributed by atoms with Gasteiger partial charge in [0.1, 0.15) is 0 Å². The number of benzene rings is 1. The summed E-state index contributed by atoms with van der Waals surface area (Å²) in [5.74, 6) is 3.56. The number of fused-ring (bicyclic) bond motifs is 1. The van der Waals surface area contributed by atoms with Gasteiger partial charge in [0.15, 0.2) is 0 Å². The molecule has 1 N–H and O–H groups in total. The summed E-state index contributed by atoms with van der Waals surface area (Å²) in [5, 5.41) is 5.04. The molecule has 0 saturated carbocycles. The number of hydrogen-bond acceptors (Lipinski definition) is 2. The third-order valence-electron chi connectivity index (χ3n) is 4.26. The van der Waals surface area contributed by atoms with Crippen LogP contribution >= 0.6 is 11.8 Å². The van der Waals surface area contributed by atoms with Gasteiger partial charge < -0.3 is 9.88 Å². The third kappa shape index (κ3) is 2.54. The normalized spacial score (nSPS) is 19.4. The van der Waals surface area contributed by atoms with Crippen molar-refractivity contribution >= 4 is 22.7 Å². The zero-order chi connectivity index (χ0) is 13.2. The summed E-state index contributed by atoms with van der Waals surface area (Å²) < 4.78 is 2.33. The molecule has 1 saturated heterocycles. The predicted octanol–water partition coefficient (Wildman–Crippen LogP) is 3.33. The Morgan fingerprint density at radius 3 is 2.95 bits per heavy atom. The first-order valence-corrected chi connectivity index (χ1v) is 8.24. The molecule has 0 radical (unpaired) electrons. The Kier molecular flexibility index (Phi) is 3.85. The fourth-order valence-corrected chi connectivity index (χ4v) is 4.31. The van der Waals surface area contributed by atoms with E-state index in [0.717, 1.165) is 19.0 Å². The zero-order valence-electron chi connectivity index (χ0n) is 11.8. The summed E-state index contributed by atoms with van der Waals surface area (Å²) in [5.41, 5.74) is 4.19. The summed E-state index contributed by atoms with van der Waals surface area (Å²) in [6.45, 7) is 4.39. The van der Waals surface area contributed by atoms with Crippen molar-refractivity contribution in [2.75, 3.05) is 18.1 Å². The molecule has 0 spiro atoms. The molecule has 1 aliphatic rings. The second-order valence-electron chi connectivity index (χ2n) is 5.51. The lowest BCUT2D eigenvalue weighted by Gasteiger charge is -2.11. The highest BCUT2D eigenvalue weighted by Crippen LogP contribution is 2.25. The van der Waals surface area contributed by atoms with Gasteiger partial charge in [-0.25, -0.2) is 0 Å². The molecule has 1 atom stereocenters. The Bertz CT molecular complexity index is 528. The molecule has 2 aromatic rings. The lowest BCUT2D eigenvalue weighted by atomic mass is 10.1. The Hall–Kier alpha value is -0.930. The minimum absolute atomic E-state index is 0.875. The van der Waals surface area contributed by atoms with Crippen LogP contribution in [-0.2, 0) is 13.6 Å². The second kappa shape index (κ2) is 5.59. The van der Waals surface area contributed by atoms with E-state index in [2.05, 4.69) is 59.9 Å². The maximum Gasteiger partial charge on any atom is 0.0483 e. The maximum absolute atomic E-state index is 3.65. The minimum Gasteiger partial charge on any atom is -0.346 e. The van der Waals surface area contributed by atoms with E-state index in [-0.39, 0.29) is 0 Å². The van der Waals surface area contributed by atoms with E-state index < -0.39 is 0 Å².